The number of hydrogen-bond acceptors (Lipinski definition) is 1. The minimum absolute atomic E-state index is 0.714. The molecule has 0 saturated heterocycles. The number of hydrogen-bond donors (Lipinski definition) is 0. The summed E-state index contributed by atoms with van der Waals surface area (Å²) >= 11 is 2.07. The predicted molar refractivity (Wildman–Crippen MR) is 54.1 cm³/mol. The molecule has 0 saturated carbocycles. The minimum atomic E-state index is 0.714. The molecule has 0 aliphatic carbocycles. The van der Waals surface area contributed by atoms with Crippen LogP contribution in [0.15, 0.2) is 34.4 Å². The van der Waals surface area contributed by atoms with Gasteiger partial charge in [0.2, 0.25) is 0 Å². The van der Waals surface area contributed by atoms with Crippen molar-refractivity contribution in [3.05, 3.63) is 40.0 Å². The van der Waals surface area contributed by atoms with Gasteiger partial charge in [-0.15, -0.1) is 0 Å². The van der Waals surface area contributed by atoms with Crippen LogP contribution in [0.2, 0.25) is 0 Å². The Balaban J connectivity index is 3.05. The molecule has 0 aliphatic rings. The van der Waals surface area contributed by atoms with Crippen molar-refractivity contribution in [3.8, 4) is 6.07 Å². The van der Waals surface area contributed by atoms with Gasteiger partial charge < -0.3 is 0 Å². The summed E-state index contributed by atoms with van der Waals surface area (Å²) in [6.45, 7) is 0. The number of benzene rings is 1. The molecule has 0 aliphatic heterocycles. The number of halogens is 1. The zero-order valence-electron chi connectivity index (χ0n) is 5.79. The molecule has 0 atom stereocenters. The summed E-state index contributed by atoms with van der Waals surface area (Å²) in [5, 5.41) is 8.66. The average Bonchev–Trinajstić information content (AvgIpc) is 2.09. The van der Waals surface area contributed by atoms with Crippen molar-refractivity contribution in [2.45, 2.75) is 0 Å². The van der Waals surface area contributed by atoms with Gasteiger partial charge in [0.25, 0.3) is 0 Å². The Hall–Kier alpha value is -0.820. The van der Waals surface area contributed by atoms with E-state index in [1.54, 1.807) is 4.08 Å². The molecule has 1 aromatic rings. The van der Waals surface area contributed by atoms with Gasteiger partial charge >= 0.3 is 0 Å². The molecule has 0 heterocycles. The molecule has 1 rings (SSSR count). The third-order valence-corrected chi connectivity index (χ3v) is 1.94. The van der Waals surface area contributed by atoms with E-state index in [1.807, 2.05) is 30.3 Å². The normalized spacial score (nSPS) is 10.7. The fraction of sp³-hybridized carbons (Fsp3) is 0. The molecule has 0 spiro atoms. The van der Waals surface area contributed by atoms with E-state index in [-0.39, 0.29) is 0 Å². The molecule has 0 aromatic heterocycles. The Morgan fingerprint density at radius 3 is 2.45 bits per heavy atom. The van der Waals surface area contributed by atoms with E-state index >= 15 is 0 Å². The predicted octanol–water partition coefficient (Wildman–Crippen LogP) is 2.99. The summed E-state index contributed by atoms with van der Waals surface area (Å²) in [5.74, 6) is 0. The van der Waals surface area contributed by atoms with Crippen molar-refractivity contribution >= 4 is 28.2 Å². The highest BCUT2D eigenvalue weighted by atomic mass is 127. The van der Waals surface area contributed by atoms with E-state index in [0.29, 0.717) is 5.57 Å². The number of allylic oxidation sites excluding steroid dienone is 1. The molecule has 0 radical (unpaired) electrons. The molecule has 0 fully saturated rings. The van der Waals surface area contributed by atoms with Gasteiger partial charge in [-0.25, -0.2) is 0 Å². The maximum absolute atomic E-state index is 8.66. The Labute approximate surface area is 79.5 Å². The lowest BCUT2D eigenvalue weighted by atomic mass is 10.1. The molecule has 0 unspecified atom stereocenters. The fourth-order valence-electron chi connectivity index (χ4n) is 0.770. The summed E-state index contributed by atoms with van der Waals surface area (Å²) in [4.78, 5) is 0. The summed E-state index contributed by atoms with van der Waals surface area (Å²) in [5.41, 5.74) is 1.69. The topological polar surface area (TPSA) is 23.8 Å². The van der Waals surface area contributed by atoms with E-state index in [9.17, 15) is 0 Å². The third kappa shape index (κ3) is 2.05. The second-order valence-electron chi connectivity index (χ2n) is 2.00. The van der Waals surface area contributed by atoms with Crippen LogP contribution in [0.1, 0.15) is 5.56 Å². The zero-order chi connectivity index (χ0) is 8.10. The molecule has 2 heteroatoms. The van der Waals surface area contributed by atoms with Gasteiger partial charge in [0.15, 0.2) is 0 Å². The van der Waals surface area contributed by atoms with E-state index < -0.39 is 0 Å². The van der Waals surface area contributed by atoms with Crippen molar-refractivity contribution in [1.82, 2.24) is 0 Å². The SMILES string of the molecule is N#CC(=CI)c1ccccc1. The summed E-state index contributed by atoms with van der Waals surface area (Å²) in [6.07, 6.45) is 0. The van der Waals surface area contributed by atoms with Crippen LogP contribution in [0.4, 0.5) is 0 Å². The second kappa shape index (κ2) is 4.14. The maximum atomic E-state index is 8.66. The quantitative estimate of drug-likeness (QED) is 0.559. The van der Waals surface area contributed by atoms with Gasteiger partial charge in [0.1, 0.15) is 6.07 Å². The van der Waals surface area contributed by atoms with Crippen LogP contribution in [0.3, 0.4) is 0 Å². The van der Waals surface area contributed by atoms with Crippen LogP contribution in [-0.4, -0.2) is 0 Å². The van der Waals surface area contributed by atoms with E-state index in [1.165, 1.54) is 0 Å². The first-order chi connectivity index (χ1) is 5.38. The maximum Gasteiger partial charge on any atom is 0.100 e. The monoisotopic (exact) mass is 255 g/mol. The van der Waals surface area contributed by atoms with Crippen molar-refractivity contribution in [1.29, 1.82) is 5.26 Å². The van der Waals surface area contributed by atoms with Crippen molar-refractivity contribution < 1.29 is 0 Å². The van der Waals surface area contributed by atoms with E-state index in [2.05, 4.69) is 28.7 Å². The second-order valence-corrected chi connectivity index (χ2v) is 2.62. The highest BCUT2D eigenvalue weighted by molar-refractivity contribution is 14.1. The number of nitriles is 1. The first-order valence-corrected chi connectivity index (χ1v) is 4.39. The van der Waals surface area contributed by atoms with Crippen molar-refractivity contribution in [2.75, 3.05) is 0 Å². The van der Waals surface area contributed by atoms with Crippen LogP contribution >= 0.6 is 22.6 Å². The molecule has 0 amide bonds. The Morgan fingerprint density at radius 2 is 2.00 bits per heavy atom. The molecule has 1 nitrogen and oxygen atoms in total. The minimum Gasteiger partial charge on any atom is -0.192 e. The smallest absolute Gasteiger partial charge is 0.100 e. The summed E-state index contributed by atoms with van der Waals surface area (Å²) in [7, 11) is 0. The highest BCUT2D eigenvalue weighted by Crippen LogP contribution is 2.13. The molecule has 0 N–H and O–H groups in total. The van der Waals surface area contributed by atoms with Gasteiger partial charge in [0.05, 0.1) is 5.57 Å². The van der Waals surface area contributed by atoms with Gasteiger partial charge in [-0.05, 0) is 9.65 Å². The lowest BCUT2D eigenvalue weighted by molar-refractivity contribution is 1.52. The van der Waals surface area contributed by atoms with Gasteiger partial charge in [-0.1, -0.05) is 52.9 Å². The van der Waals surface area contributed by atoms with E-state index in [4.69, 9.17) is 5.26 Å². The largest absolute Gasteiger partial charge is 0.192 e. The molecular formula is C9H6IN. The third-order valence-electron chi connectivity index (χ3n) is 1.31. The molecule has 1 aromatic carbocycles. The Morgan fingerprint density at radius 1 is 1.36 bits per heavy atom. The van der Waals surface area contributed by atoms with Crippen LogP contribution in [0.25, 0.3) is 5.57 Å². The molecule has 54 valence electrons. The van der Waals surface area contributed by atoms with Gasteiger partial charge in [-0.3, -0.25) is 0 Å². The van der Waals surface area contributed by atoms with Crippen LogP contribution in [-0.2, 0) is 0 Å². The highest BCUT2D eigenvalue weighted by Gasteiger charge is 1.95. The van der Waals surface area contributed by atoms with Gasteiger partial charge in [-0.2, -0.15) is 5.26 Å². The first kappa shape index (κ1) is 8.28. The fourth-order valence-corrected chi connectivity index (χ4v) is 1.27. The lowest BCUT2D eigenvalue weighted by Crippen LogP contribution is -1.76. The van der Waals surface area contributed by atoms with Crippen LogP contribution in [0, 0.1) is 11.3 Å². The molecule has 0 bridgehead atoms. The summed E-state index contributed by atoms with van der Waals surface area (Å²) < 4.78 is 1.78. The first-order valence-electron chi connectivity index (χ1n) is 3.14. The number of rotatable bonds is 1. The summed E-state index contributed by atoms with van der Waals surface area (Å²) in [6, 6.07) is 11.8. The molecular weight excluding hydrogens is 249 g/mol. The van der Waals surface area contributed by atoms with Gasteiger partial charge in [0, 0.05) is 0 Å². The van der Waals surface area contributed by atoms with E-state index in [0.717, 1.165) is 5.56 Å². The lowest BCUT2D eigenvalue weighted by Gasteiger charge is -1.93. The zero-order valence-corrected chi connectivity index (χ0v) is 7.95. The standard InChI is InChI=1S/C9H6IN/c10-6-9(7-11)8-4-2-1-3-5-8/h1-6H. The van der Waals surface area contributed by atoms with Crippen LogP contribution in [0.5, 0.6) is 0 Å². The van der Waals surface area contributed by atoms with Crippen LogP contribution < -0.4 is 0 Å². The van der Waals surface area contributed by atoms with Crippen molar-refractivity contribution in [2.24, 2.45) is 0 Å². The Bertz CT molecular complexity index is 295. The average molecular weight is 255 g/mol. The Kier molecular flexibility index (Phi) is 3.12. The number of nitrogens with zero attached hydrogens (tertiary/aromatic N) is 1. The van der Waals surface area contributed by atoms with Crippen molar-refractivity contribution in [3.63, 3.8) is 0 Å². The molecule has 11 heavy (non-hydrogen) atoms.